The summed E-state index contributed by atoms with van der Waals surface area (Å²) in [6, 6.07) is 0.582. The van der Waals surface area contributed by atoms with Gasteiger partial charge in [-0.15, -0.1) is 0 Å². The maximum absolute atomic E-state index is 11.4. The minimum Gasteiger partial charge on any atom is -0.355 e. The number of rotatable bonds is 5. The molecule has 2 fully saturated rings. The first kappa shape index (κ1) is 13.2. The molecule has 1 aliphatic carbocycles. The maximum Gasteiger partial charge on any atom is 0.223 e. The largest absolute Gasteiger partial charge is 0.355 e. The molecule has 2 rings (SSSR count). The molecule has 3 nitrogen and oxygen atoms in total. The Morgan fingerprint density at radius 1 is 1.35 bits per heavy atom. The average molecular weight is 256 g/mol. The van der Waals surface area contributed by atoms with E-state index in [2.05, 4.69) is 24.5 Å². The summed E-state index contributed by atoms with van der Waals surface area (Å²) in [5.41, 5.74) is 0.395. The van der Waals surface area contributed by atoms with Crippen molar-refractivity contribution in [3.63, 3.8) is 0 Å². The average Bonchev–Trinajstić information content (AvgIpc) is 3.09. The molecule has 17 heavy (non-hydrogen) atoms. The summed E-state index contributed by atoms with van der Waals surface area (Å²) < 4.78 is 0. The number of hydrogen-bond acceptors (Lipinski definition) is 3. The Bertz CT molecular complexity index is 277. The second-order valence-electron chi connectivity index (χ2n) is 5.89. The van der Waals surface area contributed by atoms with Gasteiger partial charge in [-0.1, -0.05) is 13.8 Å². The molecule has 0 radical (unpaired) electrons. The zero-order valence-electron chi connectivity index (χ0n) is 10.9. The fourth-order valence-electron chi connectivity index (χ4n) is 2.19. The first-order valence-corrected chi connectivity index (χ1v) is 7.84. The molecule has 2 N–H and O–H groups in total. The molecule has 0 aromatic heterocycles. The lowest BCUT2D eigenvalue weighted by molar-refractivity contribution is -0.122. The molecule has 1 atom stereocenters. The zero-order valence-corrected chi connectivity index (χ0v) is 11.7. The molecular weight excluding hydrogens is 232 g/mol. The Morgan fingerprint density at radius 3 is 2.76 bits per heavy atom. The second kappa shape index (κ2) is 5.61. The molecule has 1 saturated heterocycles. The number of amides is 1. The third kappa shape index (κ3) is 3.88. The molecule has 4 heteroatoms. The van der Waals surface area contributed by atoms with Crippen molar-refractivity contribution in [2.75, 3.05) is 24.6 Å². The summed E-state index contributed by atoms with van der Waals surface area (Å²) in [7, 11) is 0. The Balaban J connectivity index is 1.61. The lowest BCUT2D eigenvalue weighted by Crippen LogP contribution is -2.48. The van der Waals surface area contributed by atoms with Crippen molar-refractivity contribution in [2.24, 2.45) is 11.3 Å². The smallest absolute Gasteiger partial charge is 0.223 e. The molecule has 1 unspecified atom stereocenters. The van der Waals surface area contributed by atoms with Crippen LogP contribution in [0.25, 0.3) is 0 Å². The maximum atomic E-state index is 11.4. The van der Waals surface area contributed by atoms with Gasteiger partial charge < -0.3 is 10.6 Å². The van der Waals surface area contributed by atoms with E-state index < -0.39 is 0 Å². The molecule has 1 aliphatic heterocycles. The highest BCUT2D eigenvalue weighted by Crippen LogP contribution is 2.34. The van der Waals surface area contributed by atoms with Gasteiger partial charge in [0.05, 0.1) is 0 Å². The Hall–Kier alpha value is -0.220. The first-order chi connectivity index (χ1) is 8.09. The van der Waals surface area contributed by atoms with Crippen molar-refractivity contribution < 1.29 is 4.79 Å². The van der Waals surface area contributed by atoms with Crippen LogP contribution in [0.3, 0.4) is 0 Å². The van der Waals surface area contributed by atoms with Crippen LogP contribution < -0.4 is 10.6 Å². The van der Waals surface area contributed by atoms with Crippen LogP contribution in [0, 0.1) is 11.3 Å². The highest BCUT2D eigenvalue weighted by molar-refractivity contribution is 7.99. The molecule has 2 aliphatic rings. The number of thioether (sulfide) groups is 1. The van der Waals surface area contributed by atoms with E-state index in [9.17, 15) is 4.79 Å². The third-order valence-electron chi connectivity index (χ3n) is 3.88. The van der Waals surface area contributed by atoms with Gasteiger partial charge in [0.25, 0.3) is 0 Å². The van der Waals surface area contributed by atoms with Gasteiger partial charge in [-0.25, -0.2) is 0 Å². The first-order valence-electron chi connectivity index (χ1n) is 6.68. The van der Waals surface area contributed by atoms with Crippen molar-refractivity contribution >= 4 is 17.7 Å². The zero-order chi connectivity index (χ0) is 12.3. The standard InChI is InChI=1S/C13H24N2OS/c1-13(2)5-8-17-9-11(13)14-6-7-15-12(16)10-3-4-10/h10-11,14H,3-9H2,1-2H3,(H,15,16). The van der Waals surface area contributed by atoms with Crippen LogP contribution in [-0.4, -0.2) is 36.5 Å². The second-order valence-corrected chi connectivity index (χ2v) is 7.04. The Morgan fingerprint density at radius 2 is 2.12 bits per heavy atom. The number of carbonyl (C=O) groups excluding carboxylic acids is 1. The van der Waals surface area contributed by atoms with Crippen LogP contribution in [0.1, 0.15) is 33.1 Å². The molecule has 0 aromatic rings. The summed E-state index contributed by atoms with van der Waals surface area (Å²) in [5.74, 6) is 3.06. The van der Waals surface area contributed by atoms with Crippen molar-refractivity contribution in [3.8, 4) is 0 Å². The van der Waals surface area contributed by atoms with E-state index >= 15 is 0 Å². The fraction of sp³-hybridized carbons (Fsp3) is 0.923. The number of hydrogen-bond donors (Lipinski definition) is 2. The van der Waals surface area contributed by atoms with Crippen molar-refractivity contribution in [1.82, 2.24) is 10.6 Å². The van der Waals surface area contributed by atoms with E-state index in [-0.39, 0.29) is 5.91 Å². The molecule has 1 saturated carbocycles. The van der Waals surface area contributed by atoms with Crippen LogP contribution in [-0.2, 0) is 4.79 Å². The third-order valence-corrected chi connectivity index (χ3v) is 4.94. The molecular formula is C13H24N2OS. The summed E-state index contributed by atoms with van der Waals surface area (Å²) in [4.78, 5) is 11.4. The van der Waals surface area contributed by atoms with E-state index in [0.29, 0.717) is 17.4 Å². The minimum absolute atomic E-state index is 0.254. The van der Waals surface area contributed by atoms with Gasteiger partial charge in [0.15, 0.2) is 0 Å². The fourth-order valence-corrected chi connectivity index (χ4v) is 3.84. The number of carbonyl (C=O) groups is 1. The van der Waals surface area contributed by atoms with Gasteiger partial charge in [-0.3, -0.25) is 4.79 Å². The van der Waals surface area contributed by atoms with Gasteiger partial charge >= 0.3 is 0 Å². The molecule has 0 spiro atoms. The Kier molecular flexibility index (Phi) is 4.36. The Labute approximate surface area is 108 Å². The summed E-state index contributed by atoms with van der Waals surface area (Å²) in [6.45, 7) is 6.35. The predicted octanol–water partition coefficient (Wildman–Crippen LogP) is 1.63. The summed E-state index contributed by atoms with van der Waals surface area (Å²) in [6.07, 6.45) is 3.46. The van der Waals surface area contributed by atoms with Crippen LogP contribution in [0.15, 0.2) is 0 Å². The van der Waals surface area contributed by atoms with E-state index in [1.54, 1.807) is 0 Å². The highest BCUT2D eigenvalue weighted by atomic mass is 32.2. The lowest BCUT2D eigenvalue weighted by atomic mass is 9.82. The lowest BCUT2D eigenvalue weighted by Gasteiger charge is -2.38. The quantitative estimate of drug-likeness (QED) is 0.735. The van der Waals surface area contributed by atoms with E-state index in [0.717, 1.165) is 25.9 Å². The van der Waals surface area contributed by atoms with Crippen LogP contribution in [0.5, 0.6) is 0 Å². The van der Waals surface area contributed by atoms with Gasteiger partial charge in [0, 0.05) is 30.8 Å². The van der Waals surface area contributed by atoms with Crippen molar-refractivity contribution in [2.45, 2.75) is 39.2 Å². The van der Waals surface area contributed by atoms with Crippen LogP contribution >= 0.6 is 11.8 Å². The van der Waals surface area contributed by atoms with Crippen molar-refractivity contribution in [1.29, 1.82) is 0 Å². The summed E-state index contributed by atoms with van der Waals surface area (Å²) in [5, 5.41) is 6.59. The van der Waals surface area contributed by atoms with Gasteiger partial charge in [0.1, 0.15) is 0 Å². The SMILES string of the molecule is CC1(C)CCSCC1NCCNC(=O)C1CC1. The van der Waals surface area contributed by atoms with Crippen molar-refractivity contribution in [3.05, 3.63) is 0 Å². The van der Waals surface area contributed by atoms with E-state index in [1.807, 2.05) is 11.8 Å². The van der Waals surface area contributed by atoms with E-state index in [1.165, 1.54) is 17.9 Å². The monoisotopic (exact) mass is 256 g/mol. The normalized spacial score (nSPS) is 27.8. The topological polar surface area (TPSA) is 41.1 Å². The van der Waals surface area contributed by atoms with Gasteiger partial charge in [-0.2, -0.15) is 11.8 Å². The van der Waals surface area contributed by atoms with Crippen LogP contribution in [0.4, 0.5) is 0 Å². The van der Waals surface area contributed by atoms with Gasteiger partial charge in [-0.05, 0) is 30.4 Å². The molecule has 98 valence electrons. The van der Waals surface area contributed by atoms with Crippen LogP contribution in [0.2, 0.25) is 0 Å². The molecule has 0 bridgehead atoms. The highest BCUT2D eigenvalue weighted by Gasteiger charge is 2.32. The minimum atomic E-state index is 0.254. The van der Waals surface area contributed by atoms with Gasteiger partial charge in [0.2, 0.25) is 5.91 Å². The molecule has 1 amide bonds. The predicted molar refractivity (Wildman–Crippen MR) is 73.2 cm³/mol. The number of nitrogens with one attached hydrogen (secondary N) is 2. The molecule has 1 heterocycles. The summed E-state index contributed by atoms with van der Waals surface area (Å²) >= 11 is 2.03. The molecule has 0 aromatic carbocycles. The van der Waals surface area contributed by atoms with E-state index in [4.69, 9.17) is 0 Å².